The van der Waals surface area contributed by atoms with Gasteiger partial charge >= 0.3 is 6.18 Å². The maximum absolute atomic E-state index is 12.3. The Bertz CT molecular complexity index is 478. The normalized spacial score (nSPS) is 11.9. The zero-order valence-corrected chi connectivity index (χ0v) is 7.62. The molecule has 2 heterocycles. The summed E-state index contributed by atoms with van der Waals surface area (Å²) < 4.78 is 38.5. The summed E-state index contributed by atoms with van der Waals surface area (Å²) in [5, 5.41) is 0. The number of hydrogen-bond acceptors (Lipinski definition) is 1. The van der Waals surface area contributed by atoms with Gasteiger partial charge in [0.1, 0.15) is 5.65 Å². The molecule has 2 nitrogen and oxygen atoms in total. The van der Waals surface area contributed by atoms with Crippen LogP contribution in [0, 0.1) is 0 Å². The molecule has 0 saturated carbocycles. The standard InChI is InChI=1S/C10H7F3N2/c1-7(10(11,12)13)8-6-15-5-3-2-4-9(15)14-8/h2-6H,1H2. The fourth-order valence-corrected chi connectivity index (χ4v) is 1.23. The molecule has 0 fully saturated rings. The quantitative estimate of drug-likeness (QED) is 0.710. The minimum atomic E-state index is -4.43. The van der Waals surface area contributed by atoms with Crippen LogP contribution in [0.25, 0.3) is 11.2 Å². The van der Waals surface area contributed by atoms with Crippen LogP contribution in [0.5, 0.6) is 0 Å². The van der Waals surface area contributed by atoms with Crippen molar-refractivity contribution in [1.29, 1.82) is 0 Å². The molecule has 2 aromatic rings. The number of nitrogens with zero attached hydrogens (tertiary/aromatic N) is 2. The largest absolute Gasteiger partial charge is 0.417 e. The van der Waals surface area contributed by atoms with Gasteiger partial charge in [0.15, 0.2) is 0 Å². The average Bonchev–Trinajstić information content (AvgIpc) is 2.58. The minimum Gasteiger partial charge on any atom is -0.306 e. The van der Waals surface area contributed by atoms with Gasteiger partial charge in [0.25, 0.3) is 0 Å². The molecule has 78 valence electrons. The van der Waals surface area contributed by atoms with Gasteiger partial charge in [0.2, 0.25) is 0 Å². The highest BCUT2D eigenvalue weighted by Crippen LogP contribution is 2.31. The third-order valence-corrected chi connectivity index (χ3v) is 2.02. The van der Waals surface area contributed by atoms with Crippen molar-refractivity contribution in [2.75, 3.05) is 0 Å². The molecular weight excluding hydrogens is 205 g/mol. The van der Waals surface area contributed by atoms with Gasteiger partial charge in [-0.05, 0) is 12.1 Å². The van der Waals surface area contributed by atoms with Crippen molar-refractivity contribution < 1.29 is 13.2 Å². The Labute approximate surface area is 83.7 Å². The third kappa shape index (κ3) is 1.72. The van der Waals surface area contributed by atoms with Crippen LogP contribution >= 0.6 is 0 Å². The Morgan fingerprint density at radius 2 is 2.07 bits per heavy atom. The first-order valence-corrected chi connectivity index (χ1v) is 4.19. The van der Waals surface area contributed by atoms with Crippen LogP contribution < -0.4 is 0 Å². The van der Waals surface area contributed by atoms with Gasteiger partial charge in [-0.2, -0.15) is 13.2 Å². The molecule has 15 heavy (non-hydrogen) atoms. The van der Waals surface area contributed by atoms with Crippen molar-refractivity contribution in [2.45, 2.75) is 6.18 Å². The Kier molecular flexibility index (Phi) is 2.03. The number of hydrogen-bond donors (Lipinski definition) is 0. The van der Waals surface area contributed by atoms with Crippen LogP contribution in [0.4, 0.5) is 13.2 Å². The van der Waals surface area contributed by atoms with E-state index in [1.54, 1.807) is 24.4 Å². The number of allylic oxidation sites excluding steroid dienone is 1. The van der Waals surface area contributed by atoms with Gasteiger partial charge in [0.05, 0.1) is 11.3 Å². The summed E-state index contributed by atoms with van der Waals surface area (Å²) in [7, 11) is 0. The summed E-state index contributed by atoms with van der Waals surface area (Å²) in [5.41, 5.74) is -0.599. The van der Waals surface area contributed by atoms with E-state index < -0.39 is 11.7 Å². The Morgan fingerprint density at radius 1 is 1.33 bits per heavy atom. The summed E-state index contributed by atoms with van der Waals surface area (Å²) in [6.45, 7) is 2.99. The highest BCUT2D eigenvalue weighted by atomic mass is 19.4. The Hall–Kier alpha value is -1.78. The van der Waals surface area contributed by atoms with Crippen LogP contribution in [0.3, 0.4) is 0 Å². The summed E-state index contributed by atoms with van der Waals surface area (Å²) >= 11 is 0. The molecule has 0 N–H and O–H groups in total. The van der Waals surface area contributed by atoms with Gasteiger partial charge in [-0.25, -0.2) is 4.98 Å². The predicted molar refractivity (Wildman–Crippen MR) is 50.3 cm³/mol. The molecule has 2 rings (SSSR count). The van der Waals surface area contributed by atoms with Crippen LogP contribution in [0.15, 0.2) is 37.2 Å². The number of halogens is 3. The van der Waals surface area contributed by atoms with Gasteiger partial charge < -0.3 is 4.40 Å². The van der Waals surface area contributed by atoms with Crippen LogP contribution in [-0.2, 0) is 0 Å². The van der Waals surface area contributed by atoms with Crippen molar-refractivity contribution in [3.8, 4) is 0 Å². The summed E-state index contributed by atoms with van der Waals surface area (Å²) in [4.78, 5) is 3.82. The average molecular weight is 212 g/mol. The van der Waals surface area contributed by atoms with Gasteiger partial charge in [-0.1, -0.05) is 12.6 Å². The zero-order valence-electron chi connectivity index (χ0n) is 7.62. The molecule has 0 aromatic carbocycles. The number of rotatable bonds is 1. The minimum absolute atomic E-state index is 0.145. The van der Waals surface area contributed by atoms with E-state index in [4.69, 9.17) is 0 Å². The number of fused-ring (bicyclic) bond motifs is 1. The lowest BCUT2D eigenvalue weighted by atomic mass is 10.2. The molecule has 0 unspecified atom stereocenters. The van der Waals surface area contributed by atoms with E-state index in [1.807, 2.05) is 0 Å². The molecule has 0 radical (unpaired) electrons. The van der Waals surface area contributed by atoms with E-state index in [0.29, 0.717) is 5.65 Å². The van der Waals surface area contributed by atoms with Gasteiger partial charge in [-0.15, -0.1) is 0 Å². The predicted octanol–water partition coefficient (Wildman–Crippen LogP) is 2.91. The third-order valence-electron chi connectivity index (χ3n) is 2.02. The molecule has 0 spiro atoms. The lowest BCUT2D eigenvalue weighted by molar-refractivity contribution is -0.0688. The fraction of sp³-hybridized carbons (Fsp3) is 0.100. The first kappa shape index (κ1) is 9.76. The van der Waals surface area contributed by atoms with E-state index >= 15 is 0 Å². The van der Waals surface area contributed by atoms with E-state index in [9.17, 15) is 13.2 Å². The maximum Gasteiger partial charge on any atom is 0.417 e. The highest BCUT2D eigenvalue weighted by molar-refractivity contribution is 5.66. The second-order valence-corrected chi connectivity index (χ2v) is 3.07. The van der Waals surface area contributed by atoms with E-state index in [0.717, 1.165) is 0 Å². The molecule has 0 saturated heterocycles. The molecule has 0 aliphatic heterocycles. The van der Waals surface area contributed by atoms with Gasteiger partial charge in [-0.3, -0.25) is 0 Å². The van der Waals surface area contributed by atoms with Crippen LogP contribution in [0.1, 0.15) is 5.69 Å². The lowest BCUT2D eigenvalue weighted by Crippen LogP contribution is -2.09. The number of aromatic nitrogens is 2. The van der Waals surface area contributed by atoms with Crippen LogP contribution in [-0.4, -0.2) is 15.6 Å². The van der Waals surface area contributed by atoms with Crippen molar-refractivity contribution in [1.82, 2.24) is 9.38 Å². The van der Waals surface area contributed by atoms with Crippen molar-refractivity contribution in [3.63, 3.8) is 0 Å². The molecule has 0 aliphatic rings. The second kappa shape index (κ2) is 3.12. The van der Waals surface area contributed by atoms with Crippen molar-refractivity contribution >= 4 is 11.2 Å². The molecule has 5 heteroatoms. The topological polar surface area (TPSA) is 17.3 Å². The van der Waals surface area contributed by atoms with Crippen LogP contribution in [0.2, 0.25) is 0 Å². The molecule has 0 amide bonds. The monoisotopic (exact) mass is 212 g/mol. The van der Waals surface area contributed by atoms with E-state index in [-0.39, 0.29) is 5.69 Å². The zero-order chi connectivity index (χ0) is 11.1. The van der Waals surface area contributed by atoms with Gasteiger partial charge in [0, 0.05) is 12.4 Å². The summed E-state index contributed by atoms with van der Waals surface area (Å²) in [6, 6.07) is 5.06. The SMILES string of the molecule is C=C(c1cn2ccccc2n1)C(F)(F)F. The van der Waals surface area contributed by atoms with E-state index in [1.165, 1.54) is 10.6 Å². The molecule has 0 bridgehead atoms. The maximum atomic E-state index is 12.3. The van der Waals surface area contributed by atoms with Crippen molar-refractivity contribution in [2.24, 2.45) is 0 Å². The number of imidazole rings is 1. The number of pyridine rings is 1. The molecule has 2 aromatic heterocycles. The Morgan fingerprint density at radius 3 is 2.67 bits per heavy atom. The van der Waals surface area contributed by atoms with E-state index in [2.05, 4.69) is 11.6 Å². The summed E-state index contributed by atoms with van der Waals surface area (Å²) in [6.07, 6.45) is -1.49. The number of alkyl halides is 3. The first-order chi connectivity index (χ1) is 6.98. The second-order valence-electron chi connectivity index (χ2n) is 3.07. The van der Waals surface area contributed by atoms with Crippen molar-refractivity contribution in [3.05, 3.63) is 42.9 Å². The Balaban J connectivity index is 2.50. The smallest absolute Gasteiger partial charge is 0.306 e. The molecule has 0 atom stereocenters. The summed E-state index contributed by atoms with van der Waals surface area (Å²) in [5.74, 6) is 0. The fourth-order valence-electron chi connectivity index (χ4n) is 1.23. The molecular formula is C10H7F3N2. The molecule has 0 aliphatic carbocycles. The highest BCUT2D eigenvalue weighted by Gasteiger charge is 2.34. The lowest BCUT2D eigenvalue weighted by Gasteiger charge is -2.05. The first-order valence-electron chi connectivity index (χ1n) is 4.19.